The summed E-state index contributed by atoms with van der Waals surface area (Å²) in [6, 6.07) is 3.42. The molecule has 1 saturated heterocycles. The highest BCUT2D eigenvalue weighted by atomic mass is 35.5. The molecule has 1 aliphatic heterocycles. The molecule has 2 unspecified atom stereocenters. The van der Waals surface area contributed by atoms with Crippen molar-refractivity contribution in [1.29, 1.82) is 0 Å². The highest BCUT2D eigenvalue weighted by Crippen LogP contribution is 2.22. The number of aliphatic hydroxyl groups excluding tert-OH is 1. The van der Waals surface area contributed by atoms with Gasteiger partial charge in [-0.3, -0.25) is 9.69 Å². The van der Waals surface area contributed by atoms with Gasteiger partial charge in [0.05, 0.1) is 18.2 Å². The Morgan fingerprint density at radius 3 is 3.05 bits per heavy atom. The molecule has 0 bridgehead atoms. The van der Waals surface area contributed by atoms with E-state index in [1.165, 1.54) is 6.20 Å². The maximum atomic E-state index is 12.0. The van der Waals surface area contributed by atoms with Crippen LogP contribution < -0.4 is 5.32 Å². The highest BCUT2D eigenvalue weighted by Gasteiger charge is 2.29. The summed E-state index contributed by atoms with van der Waals surface area (Å²) >= 11 is 5.75. The molecule has 20 heavy (non-hydrogen) atoms. The topological polar surface area (TPSA) is 65.5 Å². The molecule has 0 spiro atoms. The first-order valence-electron chi connectivity index (χ1n) is 6.86. The van der Waals surface area contributed by atoms with Gasteiger partial charge in [-0.05, 0) is 37.4 Å². The van der Waals surface area contributed by atoms with E-state index in [9.17, 15) is 9.90 Å². The molecule has 0 radical (unpaired) electrons. The SMILES string of the molecule is CC1CCCN(CC(=O)Nc2ccc(Cl)cn2)C1CO. The summed E-state index contributed by atoms with van der Waals surface area (Å²) in [7, 11) is 0. The fourth-order valence-corrected chi connectivity index (χ4v) is 2.75. The molecule has 110 valence electrons. The van der Waals surface area contributed by atoms with Crippen LogP contribution in [-0.2, 0) is 4.79 Å². The number of nitrogens with zero attached hydrogens (tertiary/aromatic N) is 2. The van der Waals surface area contributed by atoms with Crippen LogP contribution in [0.1, 0.15) is 19.8 Å². The Bertz CT molecular complexity index is 452. The summed E-state index contributed by atoms with van der Waals surface area (Å²) < 4.78 is 0. The van der Waals surface area contributed by atoms with Gasteiger partial charge in [-0.15, -0.1) is 0 Å². The van der Waals surface area contributed by atoms with Gasteiger partial charge in [0.15, 0.2) is 0 Å². The Hall–Kier alpha value is -1.17. The molecule has 2 rings (SSSR count). The van der Waals surface area contributed by atoms with E-state index >= 15 is 0 Å². The molecular weight excluding hydrogens is 278 g/mol. The van der Waals surface area contributed by atoms with Crippen molar-refractivity contribution in [1.82, 2.24) is 9.88 Å². The lowest BCUT2D eigenvalue weighted by Gasteiger charge is -2.38. The molecule has 1 aromatic rings. The third-order valence-electron chi connectivity index (χ3n) is 3.76. The zero-order valence-electron chi connectivity index (χ0n) is 11.6. The molecule has 0 saturated carbocycles. The summed E-state index contributed by atoms with van der Waals surface area (Å²) in [5, 5.41) is 12.7. The van der Waals surface area contributed by atoms with E-state index in [-0.39, 0.29) is 25.1 Å². The average molecular weight is 298 g/mol. The van der Waals surface area contributed by atoms with Crippen LogP contribution in [-0.4, -0.2) is 46.6 Å². The molecule has 5 nitrogen and oxygen atoms in total. The number of piperidine rings is 1. The lowest BCUT2D eigenvalue weighted by Crippen LogP contribution is -2.49. The minimum absolute atomic E-state index is 0.0627. The van der Waals surface area contributed by atoms with Crippen LogP contribution in [0.5, 0.6) is 0 Å². The number of halogens is 1. The lowest BCUT2D eigenvalue weighted by atomic mass is 9.91. The number of nitrogens with one attached hydrogen (secondary N) is 1. The summed E-state index contributed by atoms with van der Waals surface area (Å²) in [5.74, 6) is 0.785. The first-order valence-corrected chi connectivity index (χ1v) is 7.24. The number of rotatable bonds is 4. The highest BCUT2D eigenvalue weighted by molar-refractivity contribution is 6.30. The number of pyridine rings is 1. The maximum absolute atomic E-state index is 12.0. The monoisotopic (exact) mass is 297 g/mol. The fourth-order valence-electron chi connectivity index (χ4n) is 2.64. The van der Waals surface area contributed by atoms with Crippen molar-refractivity contribution in [2.75, 3.05) is 25.0 Å². The molecule has 0 aromatic carbocycles. The molecule has 1 aliphatic rings. The van der Waals surface area contributed by atoms with Crippen molar-refractivity contribution in [2.45, 2.75) is 25.8 Å². The lowest BCUT2D eigenvalue weighted by molar-refractivity contribution is -0.118. The van der Waals surface area contributed by atoms with Crippen LogP contribution in [0, 0.1) is 5.92 Å². The Morgan fingerprint density at radius 2 is 2.40 bits per heavy atom. The number of aliphatic hydroxyl groups is 1. The standard InChI is InChI=1S/C14H20ClN3O2/c1-10-3-2-6-18(12(10)9-19)8-14(20)17-13-5-4-11(15)7-16-13/h4-5,7,10,12,19H,2-3,6,8-9H2,1H3,(H,16,17,20). The second-order valence-electron chi connectivity index (χ2n) is 5.25. The second kappa shape index (κ2) is 7.02. The van der Waals surface area contributed by atoms with Crippen LogP contribution in [0.4, 0.5) is 5.82 Å². The number of hydrogen-bond acceptors (Lipinski definition) is 4. The predicted octanol–water partition coefficient (Wildman–Crippen LogP) is 1.77. The number of anilines is 1. The zero-order chi connectivity index (χ0) is 14.5. The Balaban J connectivity index is 1.91. The maximum Gasteiger partial charge on any atom is 0.239 e. The first-order chi connectivity index (χ1) is 9.60. The normalized spacial score (nSPS) is 23.6. The van der Waals surface area contributed by atoms with Gasteiger partial charge >= 0.3 is 0 Å². The van der Waals surface area contributed by atoms with E-state index in [0.717, 1.165) is 19.4 Å². The second-order valence-corrected chi connectivity index (χ2v) is 5.69. The van der Waals surface area contributed by atoms with Gasteiger partial charge < -0.3 is 10.4 Å². The predicted molar refractivity (Wildman–Crippen MR) is 78.7 cm³/mol. The third-order valence-corrected chi connectivity index (χ3v) is 3.98. The molecule has 2 atom stereocenters. The van der Waals surface area contributed by atoms with E-state index < -0.39 is 0 Å². The number of amides is 1. The fraction of sp³-hybridized carbons (Fsp3) is 0.571. The van der Waals surface area contributed by atoms with E-state index in [4.69, 9.17) is 11.6 Å². The molecular formula is C14H20ClN3O2. The van der Waals surface area contributed by atoms with Crippen molar-refractivity contribution >= 4 is 23.3 Å². The molecule has 0 aliphatic carbocycles. The molecule has 2 N–H and O–H groups in total. The molecule has 1 amide bonds. The average Bonchev–Trinajstić information content (AvgIpc) is 2.42. The van der Waals surface area contributed by atoms with Crippen LogP contribution in [0.3, 0.4) is 0 Å². The van der Waals surface area contributed by atoms with Gasteiger partial charge in [-0.1, -0.05) is 18.5 Å². The van der Waals surface area contributed by atoms with E-state index in [1.807, 2.05) is 4.90 Å². The van der Waals surface area contributed by atoms with Crippen molar-refractivity contribution in [2.24, 2.45) is 5.92 Å². The van der Waals surface area contributed by atoms with E-state index in [1.54, 1.807) is 12.1 Å². The van der Waals surface area contributed by atoms with Gasteiger partial charge in [-0.25, -0.2) is 4.98 Å². The van der Waals surface area contributed by atoms with Crippen molar-refractivity contribution in [3.8, 4) is 0 Å². The van der Waals surface area contributed by atoms with Gasteiger partial charge in [0.2, 0.25) is 5.91 Å². The van der Waals surface area contributed by atoms with Crippen LogP contribution in [0.25, 0.3) is 0 Å². The quantitative estimate of drug-likeness (QED) is 0.889. The van der Waals surface area contributed by atoms with E-state index in [2.05, 4.69) is 17.2 Å². The molecule has 6 heteroatoms. The number of likely N-dealkylation sites (tertiary alicyclic amines) is 1. The van der Waals surface area contributed by atoms with Crippen LogP contribution in [0.15, 0.2) is 18.3 Å². The summed E-state index contributed by atoms with van der Waals surface area (Å²) in [4.78, 5) is 18.1. The largest absolute Gasteiger partial charge is 0.395 e. The Labute approximate surface area is 123 Å². The van der Waals surface area contributed by atoms with E-state index in [0.29, 0.717) is 16.8 Å². The number of aromatic nitrogens is 1. The minimum Gasteiger partial charge on any atom is -0.395 e. The summed E-state index contributed by atoms with van der Waals surface area (Å²) in [5.41, 5.74) is 0. The van der Waals surface area contributed by atoms with Crippen LogP contribution in [0.2, 0.25) is 5.02 Å². The Morgan fingerprint density at radius 1 is 1.60 bits per heavy atom. The zero-order valence-corrected chi connectivity index (χ0v) is 12.3. The molecule has 1 aromatic heterocycles. The molecule has 1 fully saturated rings. The molecule has 2 heterocycles. The van der Waals surface area contributed by atoms with Gasteiger partial charge in [-0.2, -0.15) is 0 Å². The number of hydrogen-bond donors (Lipinski definition) is 2. The number of carbonyl (C=O) groups excluding carboxylic acids is 1. The van der Waals surface area contributed by atoms with Gasteiger partial charge in [0.1, 0.15) is 5.82 Å². The summed E-state index contributed by atoms with van der Waals surface area (Å²) in [6.07, 6.45) is 3.66. The summed E-state index contributed by atoms with van der Waals surface area (Å²) in [6.45, 7) is 3.33. The number of carbonyl (C=O) groups is 1. The third kappa shape index (κ3) is 3.91. The van der Waals surface area contributed by atoms with Gasteiger partial charge in [0.25, 0.3) is 0 Å². The van der Waals surface area contributed by atoms with Crippen molar-refractivity contribution in [3.63, 3.8) is 0 Å². The van der Waals surface area contributed by atoms with Gasteiger partial charge in [0, 0.05) is 12.2 Å². The van der Waals surface area contributed by atoms with Crippen LogP contribution >= 0.6 is 11.6 Å². The van der Waals surface area contributed by atoms with Crippen molar-refractivity contribution in [3.05, 3.63) is 23.4 Å². The minimum atomic E-state index is -0.118. The Kier molecular flexibility index (Phi) is 5.34. The van der Waals surface area contributed by atoms with Crippen molar-refractivity contribution < 1.29 is 9.90 Å². The smallest absolute Gasteiger partial charge is 0.239 e. The first kappa shape index (κ1) is 15.2.